The molecule has 0 radical (unpaired) electrons. The second-order valence-corrected chi connectivity index (χ2v) is 7.88. The number of nitrogens with one attached hydrogen (secondary N) is 1. The van der Waals surface area contributed by atoms with Gasteiger partial charge in [0.2, 0.25) is 0 Å². The van der Waals surface area contributed by atoms with E-state index in [2.05, 4.69) is 20.8 Å². The number of amides is 1. The summed E-state index contributed by atoms with van der Waals surface area (Å²) in [4.78, 5) is 23.0. The Morgan fingerprint density at radius 2 is 1.87 bits per heavy atom. The summed E-state index contributed by atoms with van der Waals surface area (Å²) >= 11 is 0.961. The Morgan fingerprint density at radius 3 is 2.35 bits per heavy atom. The van der Waals surface area contributed by atoms with Gasteiger partial charge in [0.15, 0.2) is 0 Å². The smallest absolute Gasteiger partial charge is 0.471 e. The number of halogens is 3. The Hall–Kier alpha value is -1.57. The van der Waals surface area contributed by atoms with Crippen LogP contribution in [0.1, 0.15) is 47.3 Å². The number of thiophene rings is 1. The third-order valence-electron chi connectivity index (χ3n) is 4.18. The molecule has 2 rings (SSSR count). The predicted octanol–water partition coefficient (Wildman–Crippen LogP) is 4.10. The first-order chi connectivity index (χ1) is 10.4. The van der Waals surface area contributed by atoms with Gasteiger partial charge in [-0.25, -0.2) is 4.79 Å². The molecular weight excluding hydrogens is 331 g/mol. The Kier molecular flexibility index (Phi) is 4.49. The summed E-state index contributed by atoms with van der Waals surface area (Å²) in [5.74, 6) is -3.14. The van der Waals surface area contributed by atoms with Crippen LogP contribution in [0.2, 0.25) is 0 Å². The van der Waals surface area contributed by atoms with Gasteiger partial charge in [-0.15, -0.1) is 11.3 Å². The number of carbonyl (C=O) groups excluding carboxylic acids is 1. The van der Waals surface area contributed by atoms with E-state index in [1.165, 1.54) is 0 Å². The Labute approximate surface area is 135 Å². The molecule has 0 bridgehead atoms. The first kappa shape index (κ1) is 17.8. The van der Waals surface area contributed by atoms with Crippen molar-refractivity contribution < 1.29 is 27.9 Å². The number of hydrogen-bond acceptors (Lipinski definition) is 3. The van der Waals surface area contributed by atoms with Gasteiger partial charge < -0.3 is 10.4 Å². The average molecular weight is 349 g/mol. The van der Waals surface area contributed by atoms with E-state index < -0.39 is 18.1 Å². The fraction of sp³-hybridized carbons (Fsp3) is 0.600. The number of hydrogen-bond donors (Lipinski definition) is 2. The molecule has 0 aliphatic heterocycles. The minimum Gasteiger partial charge on any atom is -0.477 e. The van der Waals surface area contributed by atoms with Crippen molar-refractivity contribution in [2.75, 3.05) is 5.32 Å². The summed E-state index contributed by atoms with van der Waals surface area (Å²) in [6, 6.07) is 0. The molecule has 23 heavy (non-hydrogen) atoms. The van der Waals surface area contributed by atoms with Crippen molar-refractivity contribution >= 4 is 28.9 Å². The van der Waals surface area contributed by atoms with Crippen LogP contribution in [-0.2, 0) is 17.6 Å². The maximum absolute atomic E-state index is 12.5. The van der Waals surface area contributed by atoms with E-state index in [1.807, 2.05) is 0 Å². The molecule has 2 N–H and O–H groups in total. The van der Waals surface area contributed by atoms with Crippen LogP contribution in [0, 0.1) is 11.3 Å². The molecular formula is C15H18F3NO3S. The molecule has 0 fully saturated rings. The number of aromatic carboxylic acids is 1. The van der Waals surface area contributed by atoms with Gasteiger partial charge >= 0.3 is 18.1 Å². The average Bonchev–Trinajstić information content (AvgIpc) is 2.75. The third-order valence-corrected chi connectivity index (χ3v) is 5.42. The molecule has 1 heterocycles. The quantitative estimate of drug-likeness (QED) is 0.845. The molecule has 4 nitrogen and oxygen atoms in total. The highest BCUT2D eigenvalue weighted by Gasteiger charge is 2.41. The normalized spacial score (nSPS) is 18.4. The van der Waals surface area contributed by atoms with Crippen LogP contribution in [0.15, 0.2) is 0 Å². The van der Waals surface area contributed by atoms with Gasteiger partial charge in [0.1, 0.15) is 4.88 Å². The van der Waals surface area contributed by atoms with Crippen molar-refractivity contribution in [2.45, 2.75) is 46.2 Å². The molecule has 1 amide bonds. The number of rotatable bonds is 2. The van der Waals surface area contributed by atoms with Crippen molar-refractivity contribution in [3.8, 4) is 0 Å². The van der Waals surface area contributed by atoms with Gasteiger partial charge in [-0.1, -0.05) is 20.8 Å². The maximum atomic E-state index is 12.5. The number of carbonyl (C=O) groups is 2. The minimum absolute atomic E-state index is 0.0282. The molecule has 1 aliphatic carbocycles. The highest BCUT2D eigenvalue weighted by atomic mass is 32.1. The highest BCUT2D eigenvalue weighted by Crippen LogP contribution is 2.44. The molecule has 0 spiro atoms. The highest BCUT2D eigenvalue weighted by molar-refractivity contribution is 7.14. The van der Waals surface area contributed by atoms with Crippen molar-refractivity contribution in [1.82, 2.24) is 0 Å². The fourth-order valence-corrected chi connectivity index (χ4v) is 4.01. The lowest BCUT2D eigenvalue weighted by Gasteiger charge is -2.34. The van der Waals surface area contributed by atoms with Crippen LogP contribution in [0.25, 0.3) is 0 Å². The molecule has 128 valence electrons. The molecule has 0 saturated heterocycles. The van der Waals surface area contributed by atoms with E-state index in [-0.39, 0.29) is 16.0 Å². The van der Waals surface area contributed by atoms with Crippen LogP contribution in [0.3, 0.4) is 0 Å². The number of alkyl halides is 3. The zero-order chi connectivity index (χ0) is 17.6. The van der Waals surface area contributed by atoms with Crippen LogP contribution >= 0.6 is 11.3 Å². The van der Waals surface area contributed by atoms with E-state index in [0.717, 1.165) is 22.6 Å². The van der Waals surface area contributed by atoms with E-state index in [1.54, 1.807) is 5.32 Å². The van der Waals surface area contributed by atoms with Crippen molar-refractivity contribution in [3.63, 3.8) is 0 Å². The van der Waals surface area contributed by atoms with Gasteiger partial charge in [-0.2, -0.15) is 13.2 Å². The molecule has 0 aromatic carbocycles. The predicted molar refractivity (Wildman–Crippen MR) is 80.9 cm³/mol. The molecule has 1 aromatic rings. The number of fused-ring (bicyclic) bond motifs is 1. The Balaban J connectivity index is 2.39. The zero-order valence-corrected chi connectivity index (χ0v) is 13.8. The lowest BCUT2D eigenvalue weighted by atomic mass is 9.72. The van der Waals surface area contributed by atoms with Crippen LogP contribution in [0.5, 0.6) is 0 Å². The van der Waals surface area contributed by atoms with Crippen molar-refractivity contribution in [2.24, 2.45) is 11.3 Å². The van der Waals surface area contributed by atoms with Crippen molar-refractivity contribution in [3.05, 3.63) is 15.3 Å². The third kappa shape index (κ3) is 3.68. The summed E-state index contributed by atoms with van der Waals surface area (Å²) in [6.07, 6.45) is -3.21. The lowest BCUT2D eigenvalue weighted by Crippen LogP contribution is -2.31. The van der Waals surface area contributed by atoms with E-state index in [4.69, 9.17) is 0 Å². The number of carboxylic acids is 1. The monoisotopic (exact) mass is 349 g/mol. The van der Waals surface area contributed by atoms with Crippen LogP contribution in [-0.4, -0.2) is 23.2 Å². The Bertz CT molecular complexity index is 644. The molecule has 8 heteroatoms. The molecule has 0 saturated carbocycles. The SMILES string of the molecule is CC(C)(C)C1CCc2c(sc(C(=O)O)c2NC(=O)C(F)(F)F)C1. The summed E-state index contributed by atoms with van der Waals surface area (Å²) in [7, 11) is 0. The van der Waals surface area contributed by atoms with Crippen LogP contribution in [0.4, 0.5) is 18.9 Å². The van der Waals surface area contributed by atoms with E-state index in [0.29, 0.717) is 24.3 Å². The Morgan fingerprint density at radius 1 is 1.26 bits per heavy atom. The number of carboxylic acid groups (broad SMARTS) is 1. The first-order valence-electron chi connectivity index (χ1n) is 7.17. The topological polar surface area (TPSA) is 66.4 Å². The van der Waals surface area contributed by atoms with Crippen molar-refractivity contribution in [1.29, 1.82) is 0 Å². The first-order valence-corrected chi connectivity index (χ1v) is 7.99. The minimum atomic E-state index is -5.05. The largest absolute Gasteiger partial charge is 0.477 e. The van der Waals surface area contributed by atoms with E-state index >= 15 is 0 Å². The second kappa shape index (κ2) is 5.81. The fourth-order valence-electron chi connectivity index (χ4n) is 2.79. The number of anilines is 1. The maximum Gasteiger partial charge on any atom is 0.471 e. The zero-order valence-electron chi connectivity index (χ0n) is 13.0. The molecule has 1 aromatic heterocycles. The standard InChI is InChI=1S/C15H18F3NO3S/c1-14(2,3)7-4-5-8-9(6-7)23-11(12(20)21)10(8)19-13(22)15(16,17)18/h7H,4-6H2,1-3H3,(H,19,22)(H,20,21). The molecule has 1 aliphatic rings. The van der Waals surface area contributed by atoms with Gasteiger partial charge in [-0.3, -0.25) is 4.79 Å². The van der Waals surface area contributed by atoms with Gasteiger partial charge in [0, 0.05) is 4.88 Å². The second-order valence-electron chi connectivity index (χ2n) is 6.77. The van der Waals surface area contributed by atoms with Crippen LogP contribution < -0.4 is 5.32 Å². The summed E-state index contributed by atoms with van der Waals surface area (Å²) in [6.45, 7) is 6.25. The van der Waals surface area contributed by atoms with Gasteiger partial charge in [0.05, 0.1) is 5.69 Å². The molecule has 1 unspecified atom stereocenters. The van der Waals surface area contributed by atoms with Gasteiger partial charge in [0.25, 0.3) is 0 Å². The summed E-state index contributed by atoms with van der Waals surface area (Å²) < 4.78 is 37.4. The lowest BCUT2D eigenvalue weighted by molar-refractivity contribution is -0.167. The molecule has 1 atom stereocenters. The van der Waals surface area contributed by atoms with Gasteiger partial charge in [-0.05, 0) is 36.2 Å². The summed E-state index contributed by atoms with van der Waals surface area (Å²) in [5.41, 5.74) is 0.373. The van der Waals surface area contributed by atoms with E-state index in [9.17, 15) is 27.9 Å². The summed E-state index contributed by atoms with van der Waals surface area (Å²) in [5, 5.41) is 11.0.